The maximum atomic E-state index is 11.6. The molecule has 0 amide bonds. The minimum atomic E-state index is -0.255. The van der Waals surface area contributed by atoms with Crippen LogP contribution in [0.3, 0.4) is 0 Å². The van der Waals surface area contributed by atoms with Gasteiger partial charge in [0.1, 0.15) is 0 Å². The molecule has 4 nitrogen and oxygen atoms in total. The van der Waals surface area contributed by atoms with E-state index in [4.69, 9.17) is 0 Å². The second kappa shape index (κ2) is 2.58. The Morgan fingerprint density at radius 2 is 1.92 bits per heavy atom. The van der Waals surface area contributed by atoms with Gasteiger partial charge < -0.3 is 4.57 Å². The van der Waals surface area contributed by atoms with Crippen molar-refractivity contribution in [3.8, 4) is 0 Å². The van der Waals surface area contributed by atoms with Gasteiger partial charge in [0.15, 0.2) is 0 Å². The predicted molar refractivity (Wildman–Crippen MR) is 48.9 cm³/mol. The Kier molecular flexibility index (Phi) is 1.65. The van der Waals surface area contributed by atoms with Gasteiger partial charge in [-0.1, -0.05) is 0 Å². The third kappa shape index (κ3) is 1.22. The molecule has 0 N–H and O–H groups in total. The number of aryl methyl sites for hydroxylation is 1. The summed E-state index contributed by atoms with van der Waals surface area (Å²) >= 11 is 0. The molecule has 13 heavy (non-hydrogen) atoms. The van der Waals surface area contributed by atoms with E-state index >= 15 is 0 Å². The standard InChI is InChI=1S/C9H12N2O2/c1-10-5-7(6-3-4-6)8(12)11(2)9(10)13/h5-6H,3-4H2,1-2H3. The summed E-state index contributed by atoms with van der Waals surface area (Å²) < 4.78 is 2.64. The minimum absolute atomic E-state index is 0.134. The fourth-order valence-electron chi connectivity index (χ4n) is 1.51. The van der Waals surface area contributed by atoms with E-state index < -0.39 is 0 Å². The molecule has 70 valence electrons. The molecule has 1 aromatic heterocycles. The van der Waals surface area contributed by atoms with E-state index in [2.05, 4.69) is 0 Å². The number of nitrogens with zero attached hydrogens (tertiary/aromatic N) is 2. The highest BCUT2D eigenvalue weighted by Gasteiger charge is 2.27. The van der Waals surface area contributed by atoms with E-state index in [1.54, 1.807) is 13.2 Å². The fraction of sp³-hybridized carbons (Fsp3) is 0.556. The lowest BCUT2D eigenvalue weighted by atomic mass is 10.2. The summed E-state index contributed by atoms with van der Waals surface area (Å²) in [5.74, 6) is 0.394. The van der Waals surface area contributed by atoms with Gasteiger partial charge in [0.05, 0.1) is 0 Å². The fourth-order valence-corrected chi connectivity index (χ4v) is 1.51. The van der Waals surface area contributed by atoms with Gasteiger partial charge in [0.2, 0.25) is 0 Å². The van der Waals surface area contributed by atoms with E-state index in [1.807, 2.05) is 0 Å². The van der Waals surface area contributed by atoms with Crippen molar-refractivity contribution < 1.29 is 0 Å². The van der Waals surface area contributed by atoms with Crippen molar-refractivity contribution in [2.45, 2.75) is 18.8 Å². The SMILES string of the molecule is Cn1cc(C2CC2)c(=O)n(C)c1=O. The molecule has 1 fully saturated rings. The number of hydrogen-bond donors (Lipinski definition) is 0. The molecule has 1 aliphatic rings. The quantitative estimate of drug-likeness (QED) is 0.608. The van der Waals surface area contributed by atoms with Crippen LogP contribution in [0.1, 0.15) is 24.3 Å². The first kappa shape index (κ1) is 8.29. The largest absolute Gasteiger partial charge is 0.330 e. The summed E-state index contributed by atoms with van der Waals surface area (Å²) in [6.45, 7) is 0. The molecule has 0 bridgehead atoms. The van der Waals surface area contributed by atoms with Gasteiger partial charge in [-0.3, -0.25) is 9.36 Å². The first-order valence-electron chi connectivity index (χ1n) is 4.38. The van der Waals surface area contributed by atoms with Gasteiger partial charge in [-0.2, -0.15) is 0 Å². The molecule has 1 saturated carbocycles. The average molecular weight is 180 g/mol. The second-order valence-electron chi connectivity index (χ2n) is 3.62. The van der Waals surface area contributed by atoms with Crippen LogP contribution in [0, 0.1) is 0 Å². The van der Waals surface area contributed by atoms with Gasteiger partial charge in [-0.05, 0) is 18.8 Å². The normalized spacial score (nSPS) is 16.2. The maximum absolute atomic E-state index is 11.6. The molecule has 0 atom stereocenters. The van der Waals surface area contributed by atoms with Crippen molar-refractivity contribution in [3.05, 3.63) is 32.6 Å². The molecule has 2 rings (SSSR count). The van der Waals surface area contributed by atoms with Crippen LogP contribution in [0.15, 0.2) is 15.8 Å². The number of rotatable bonds is 1. The molecule has 0 radical (unpaired) electrons. The molecule has 0 spiro atoms. The van der Waals surface area contributed by atoms with Crippen molar-refractivity contribution in [2.75, 3.05) is 0 Å². The van der Waals surface area contributed by atoms with Gasteiger partial charge in [-0.15, -0.1) is 0 Å². The van der Waals surface area contributed by atoms with Crippen LogP contribution in [0.2, 0.25) is 0 Å². The lowest BCUT2D eigenvalue weighted by Crippen LogP contribution is -2.38. The molecule has 0 aromatic carbocycles. The molecule has 4 heteroatoms. The molecule has 0 aliphatic heterocycles. The Hall–Kier alpha value is -1.32. The van der Waals surface area contributed by atoms with Crippen LogP contribution < -0.4 is 11.2 Å². The molecule has 0 unspecified atom stereocenters. The van der Waals surface area contributed by atoms with Crippen LogP contribution in [0.25, 0.3) is 0 Å². The highest BCUT2D eigenvalue weighted by atomic mass is 16.2. The third-order valence-corrected chi connectivity index (χ3v) is 2.49. The highest BCUT2D eigenvalue weighted by molar-refractivity contribution is 5.17. The summed E-state index contributed by atoms with van der Waals surface area (Å²) in [6.07, 6.45) is 3.82. The van der Waals surface area contributed by atoms with E-state index in [-0.39, 0.29) is 11.2 Å². The first-order valence-corrected chi connectivity index (χ1v) is 4.38. The van der Waals surface area contributed by atoms with Crippen LogP contribution in [0.5, 0.6) is 0 Å². The van der Waals surface area contributed by atoms with Crippen molar-refractivity contribution in [1.82, 2.24) is 9.13 Å². The van der Waals surface area contributed by atoms with Crippen molar-refractivity contribution >= 4 is 0 Å². The zero-order valence-electron chi connectivity index (χ0n) is 7.78. The second-order valence-corrected chi connectivity index (χ2v) is 3.62. The van der Waals surface area contributed by atoms with Crippen LogP contribution in [-0.2, 0) is 14.1 Å². The summed E-state index contributed by atoms with van der Waals surface area (Å²) in [7, 11) is 3.20. The zero-order valence-corrected chi connectivity index (χ0v) is 7.78. The lowest BCUT2D eigenvalue weighted by molar-refractivity contribution is 0.668. The van der Waals surface area contributed by atoms with E-state index in [0.29, 0.717) is 5.92 Å². The Labute approximate surface area is 75.4 Å². The summed E-state index contributed by atoms with van der Waals surface area (Å²) in [6, 6.07) is 0. The Morgan fingerprint density at radius 1 is 1.31 bits per heavy atom. The van der Waals surface area contributed by atoms with Crippen molar-refractivity contribution in [3.63, 3.8) is 0 Å². The Balaban J connectivity index is 2.72. The van der Waals surface area contributed by atoms with E-state index in [0.717, 1.165) is 18.4 Å². The van der Waals surface area contributed by atoms with Crippen molar-refractivity contribution in [2.24, 2.45) is 14.1 Å². The summed E-state index contributed by atoms with van der Waals surface area (Å²) in [4.78, 5) is 22.9. The maximum Gasteiger partial charge on any atom is 0.330 e. The lowest BCUT2D eigenvalue weighted by Gasteiger charge is -2.04. The number of hydrogen-bond acceptors (Lipinski definition) is 2. The molecule has 0 saturated heterocycles. The van der Waals surface area contributed by atoms with E-state index in [1.165, 1.54) is 16.2 Å². The monoisotopic (exact) mass is 180 g/mol. The number of aromatic nitrogens is 2. The van der Waals surface area contributed by atoms with Crippen LogP contribution >= 0.6 is 0 Å². The Bertz CT molecular complexity index is 452. The van der Waals surface area contributed by atoms with Gasteiger partial charge in [-0.25, -0.2) is 4.79 Å². The van der Waals surface area contributed by atoms with Crippen LogP contribution in [0.4, 0.5) is 0 Å². The summed E-state index contributed by atoms with van der Waals surface area (Å²) in [5, 5.41) is 0. The van der Waals surface area contributed by atoms with E-state index in [9.17, 15) is 9.59 Å². The van der Waals surface area contributed by atoms with Crippen LogP contribution in [-0.4, -0.2) is 9.13 Å². The smallest absolute Gasteiger partial charge is 0.303 e. The molecular formula is C9H12N2O2. The topological polar surface area (TPSA) is 44.0 Å². The molecular weight excluding hydrogens is 168 g/mol. The zero-order chi connectivity index (χ0) is 9.59. The van der Waals surface area contributed by atoms with Gasteiger partial charge in [0.25, 0.3) is 5.56 Å². The third-order valence-electron chi connectivity index (χ3n) is 2.49. The minimum Gasteiger partial charge on any atom is -0.303 e. The Morgan fingerprint density at radius 3 is 2.46 bits per heavy atom. The van der Waals surface area contributed by atoms with Crippen molar-refractivity contribution in [1.29, 1.82) is 0 Å². The van der Waals surface area contributed by atoms with Gasteiger partial charge >= 0.3 is 5.69 Å². The summed E-state index contributed by atoms with van der Waals surface area (Å²) in [5.41, 5.74) is 0.393. The molecule has 1 heterocycles. The highest BCUT2D eigenvalue weighted by Crippen LogP contribution is 2.37. The van der Waals surface area contributed by atoms with Gasteiger partial charge in [0, 0.05) is 25.9 Å². The molecule has 1 aliphatic carbocycles. The predicted octanol–water partition coefficient (Wildman–Crippen LogP) is -0.0386. The molecule has 1 aromatic rings. The average Bonchev–Trinajstić information content (AvgIpc) is 2.91. The first-order chi connectivity index (χ1) is 6.11.